The summed E-state index contributed by atoms with van der Waals surface area (Å²) in [5, 5.41) is 3.71. The number of rotatable bonds is 4. The number of carbonyl (C=O) groups excluding carboxylic acids is 2. The quantitative estimate of drug-likeness (QED) is 0.746. The summed E-state index contributed by atoms with van der Waals surface area (Å²) in [5.74, 6) is -0.102. The van der Waals surface area contributed by atoms with Gasteiger partial charge in [0.05, 0.1) is 0 Å². The van der Waals surface area contributed by atoms with Crippen molar-refractivity contribution in [3.63, 3.8) is 0 Å². The number of amides is 1. The van der Waals surface area contributed by atoms with Gasteiger partial charge in [-0.05, 0) is 24.3 Å². The van der Waals surface area contributed by atoms with E-state index in [0.29, 0.717) is 5.56 Å². The molecule has 1 N–H and O–H groups in total. The van der Waals surface area contributed by atoms with Gasteiger partial charge in [-0.3, -0.25) is 9.59 Å². The van der Waals surface area contributed by atoms with Crippen molar-refractivity contribution in [1.29, 1.82) is 0 Å². The van der Waals surface area contributed by atoms with Gasteiger partial charge in [0.15, 0.2) is 6.29 Å². The molecule has 0 aliphatic rings. The summed E-state index contributed by atoms with van der Waals surface area (Å²) in [6.45, 7) is 0.209. The summed E-state index contributed by atoms with van der Waals surface area (Å²) < 4.78 is 1.83. The smallest absolute Gasteiger partial charge is 0.244 e. The maximum Gasteiger partial charge on any atom is 0.244 e. The fraction of sp³-hybridized carbons (Fsp3) is 0.0588. The first-order valence-electron chi connectivity index (χ1n) is 6.66. The van der Waals surface area contributed by atoms with Crippen LogP contribution in [0.3, 0.4) is 0 Å². The van der Waals surface area contributed by atoms with Crippen LogP contribution in [-0.4, -0.2) is 16.8 Å². The van der Waals surface area contributed by atoms with E-state index in [2.05, 4.69) is 5.32 Å². The predicted octanol–water partition coefficient (Wildman–Crippen LogP) is 3.09. The lowest BCUT2D eigenvalue weighted by Gasteiger charge is -2.07. The van der Waals surface area contributed by atoms with Crippen LogP contribution in [0.15, 0.2) is 60.8 Å². The number of hydrogen-bond donors (Lipinski definition) is 1. The molecule has 0 saturated heterocycles. The number of carbonyl (C=O) groups is 2. The van der Waals surface area contributed by atoms with Crippen molar-refractivity contribution in [1.82, 2.24) is 4.57 Å². The molecule has 0 fully saturated rings. The number of para-hydroxylation sites is 1. The van der Waals surface area contributed by atoms with Gasteiger partial charge in [0, 0.05) is 28.4 Å². The van der Waals surface area contributed by atoms with Gasteiger partial charge in [-0.1, -0.05) is 30.3 Å². The van der Waals surface area contributed by atoms with Crippen LogP contribution in [-0.2, 0) is 11.3 Å². The third-order valence-corrected chi connectivity index (χ3v) is 3.35. The van der Waals surface area contributed by atoms with Crippen molar-refractivity contribution in [2.75, 3.05) is 5.32 Å². The highest BCUT2D eigenvalue weighted by Crippen LogP contribution is 2.19. The minimum atomic E-state index is -0.102. The van der Waals surface area contributed by atoms with Crippen LogP contribution in [0.5, 0.6) is 0 Å². The molecule has 1 heterocycles. The topological polar surface area (TPSA) is 51.1 Å². The van der Waals surface area contributed by atoms with E-state index in [1.165, 1.54) is 0 Å². The zero-order valence-corrected chi connectivity index (χ0v) is 11.3. The molecule has 4 nitrogen and oxygen atoms in total. The minimum absolute atomic E-state index is 0.102. The van der Waals surface area contributed by atoms with E-state index >= 15 is 0 Å². The lowest BCUT2D eigenvalue weighted by atomic mass is 10.1. The Balaban J connectivity index is 1.82. The van der Waals surface area contributed by atoms with Crippen LogP contribution in [0, 0.1) is 0 Å². The van der Waals surface area contributed by atoms with Crippen LogP contribution in [0.1, 0.15) is 10.4 Å². The molecule has 21 heavy (non-hydrogen) atoms. The lowest BCUT2D eigenvalue weighted by molar-refractivity contribution is -0.116. The standard InChI is InChI=1S/C17H14N2O2/c20-12-13-5-4-8-16-15(13)9-10-19(16)11-17(21)18-14-6-2-1-3-7-14/h1-10,12H,11H2,(H,18,21). The average Bonchev–Trinajstić information content (AvgIpc) is 2.91. The molecule has 4 heteroatoms. The maximum atomic E-state index is 12.1. The average molecular weight is 278 g/mol. The van der Waals surface area contributed by atoms with E-state index in [4.69, 9.17) is 0 Å². The Morgan fingerprint density at radius 3 is 2.62 bits per heavy atom. The molecule has 0 unspecified atom stereocenters. The van der Waals surface area contributed by atoms with Crippen molar-refractivity contribution in [2.24, 2.45) is 0 Å². The Bertz CT molecular complexity index is 791. The molecule has 0 radical (unpaired) electrons. The number of hydrogen-bond acceptors (Lipinski definition) is 2. The number of aldehydes is 1. The summed E-state index contributed by atoms with van der Waals surface area (Å²) in [6.07, 6.45) is 2.65. The first-order valence-corrected chi connectivity index (χ1v) is 6.66. The number of aromatic nitrogens is 1. The Kier molecular flexibility index (Phi) is 3.51. The first-order chi connectivity index (χ1) is 10.3. The Labute approximate surface area is 122 Å². The van der Waals surface area contributed by atoms with Gasteiger partial charge in [-0.2, -0.15) is 0 Å². The van der Waals surface area contributed by atoms with E-state index in [9.17, 15) is 9.59 Å². The van der Waals surface area contributed by atoms with E-state index in [1.54, 1.807) is 6.07 Å². The first kappa shape index (κ1) is 13.1. The second kappa shape index (κ2) is 5.63. The number of nitrogens with one attached hydrogen (secondary N) is 1. The molecular formula is C17H14N2O2. The molecular weight excluding hydrogens is 264 g/mol. The van der Waals surface area contributed by atoms with Crippen molar-refractivity contribution in [3.05, 3.63) is 66.4 Å². The Hall–Kier alpha value is -2.88. The zero-order chi connectivity index (χ0) is 14.7. The lowest BCUT2D eigenvalue weighted by Crippen LogP contribution is -2.18. The highest BCUT2D eigenvalue weighted by atomic mass is 16.2. The molecule has 3 aromatic rings. The third kappa shape index (κ3) is 2.69. The van der Waals surface area contributed by atoms with E-state index < -0.39 is 0 Å². The molecule has 1 amide bonds. The van der Waals surface area contributed by atoms with Gasteiger partial charge >= 0.3 is 0 Å². The van der Waals surface area contributed by atoms with Crippen LogP contribution in [0.2, 0.25) is 0 Å². The van der Waals surface area contributed by atoms with E-state index in [1.807, 2.05) is 59.3 Å². The molecule has 0 atom stereocenters. The highest BCUT2D eigenvalue weighted by Gasteiger charge is 2.08. The van der Waals surface area contributed by atoms with E-state index in [-0.39, 0.29) is 12.5 Å². The summed E-state index contributed by atoms with van der Waals surface area (Å²) in [7, 11) is 0. The summed E-state index contributed by atoms with van der Waals surface area (Å²) in [5.41, 5.74) is 2.28. The van der Waals surface area contributed by atoms with Crippen LogP contribution < -0.4 is 5.32 Å². The molecule has 0 aliphatic heterocycles. The van der Waals surface area contributed by atoms with Gasteiger partial charge in [-0.15, -0.1) is 0 Å². The van der Waals surface area contributed by atoms with Crippen LogP contribution >= 0.6 is 0 Å². The molecule has 0 spiro atoms. The number of anilines is 1. The normalized spacial score (nSPS) is 10.5. The van der Waals surface area contributed by atoms with Gasteiger partial charge in [0.1, 0.15) is 6.54 Å². The van der Waals surface area contributed by atoms with Gasteiger partial charge in [0.2, 0.25) is 5.91 Å². The second-order valence-electron chi connectivity index (χ2n) is 4.76. The summed E-state index contributed by atoms with van der Waals surface area (Å²) in [6, 6.07) is 16.7. The summed E-state index contributed by atoms with van der Waals surface area (Å²) >= 11 is 0. The minimum Gasteiger partial charge on any atom is -0.338 e. The molecule has 0 saturated carbocycles. The molecule has 0 aliphatic carbocycles. The second-order valence-corrected chi connectivity index (χ2v) is 4.76. The largest absolute Gasteiger partial charge is 0.338 e. The molecule has 104 valence electrons. The Morgan fingerprint density at radius 2 is 1.86 bits per heavy atom. The van der Waals surface area contributed by atoms with Gasteiger partial charge < -0.3 is 9.88 Å². The molecule has 1 aromatic heterocycles. The van der Waals surface area contributed by atoms with Crippen molar-refractivity contribution < 1.29 is 9.59 Å². The Morgan fingerprint density at radius 1 is 1.05 bits per heavy atom. The fourth-order valence-electron chi connectivity index (χ4n) is 2.36. The van der Waals surface area contributed by atoms with Crippen LogP contribution in [0.4, 0.5) is 5.69 Å². The highest BCUT2D eigenvalue weighted by molar-refractivity contribution is 5.98. The maximum absolute atomic E-state index is 12.1. The van der Waals surface area contributed by atoms with Gasteiger partial charge in [0.25, 0.3) is 0 Å². The monoisotopic (exact) mass is 278 g/mol. The molecule has 3 rings (SSSR count). The predicted molar refractivity (Wildman–Crippen MR) is 82.4 cm³/mol. The molecule has 0 bridgehead atoms. The zero-order valence-electron chi connectivity index (χ0n) is 11.3. The van der Waals surface area contributed by atoms with Crippen molar-refractivity contribution in [2.45, 2.75) is 6.54 Å². The molecule has 2 aromatic carbocycles. The number of fused-ring (bicyclic) bond motifs is 1. The van der Waals surface area contributed by atoms with Gasteiger partial charge in [-0.25, -0.2) is 0 Å². The van der Waals surface area contributed by atoms with E-state index in [0.717, 1.165) is 22.9 Å². The van der Waals surface area contributed by atoms with Crippen LogP contribution in [0.25, 0.3) is 10.9 Å². The summed E-state index contributed by atoms with van der Waals surface area (Å²) in [4.78, 5) is 23.1. The number of benzene rings is 2. The fourth-order valence-corrected chi connectivity index (χ4v) is 2.36. The van der Waals surface area contributed by atoms with Crippen molar-refractivity contribution >= 4 is 28.8 Å². The van der Waals surface area contributed by atoms with Crippen molar-refractivity contribution in [3.8, 4) is 0 Å². The SMILES string of the molecule is O=Cc1cccc2c1ccn2CC(=O)Nc1ccccc1. The number of nitrogens with zero attached hydrogens (tertiary/aromatic N) is 1. The third-order valence-electron chi connectivity index (χ3n) is 3.35.